The minimum atomic E-state index is -0.171. The summed E-state index contributed by atoms with van der Waals surface area (Å²) in [5, 5.41) is 7.81. The fourth-order valence-corrected chi connectivity index (χ4v) is 3.69. The molecule has 1 aromatic carbocycles. The van der Waals surface area contributed by atoms with Crippen LogP contribution in [0.3, 0.4) is 0 Å². The Kier molecular flexibility index (Phi) is 6.49. The van der Waals surface area contributed by atoms with Crippen LogP contribution in [0.2, 0.25) is 0 Å². The van der Waals surface area contributed by atoms with Gasteiger partial charge in [0.05, 0.1) is 29.5 Å². The first-order chi connectivity index (χ1) is 13.3. The fraction of sp³-hybridized carbons (Fsp3) is 0.429. The predicted octanol–water partition coefficient (Wildman–Crippen LogP) is 2.15. The van der Waals surface area contributed by atoms with E-state index in [1.807, 2.05) is 29.6 Å². The lowest BCUT2D eigenvalue weighted by atomic mass is 9.86. The number of anilines is 2. The number of carbonyl (C=O) groups excluding carboxylic acids is 2. The molecule has 2 heterocycles. The standard InChI is InChI=1S/C21H27N3O3S/c1-21(2,3)15-6-7-16(22-19(25)14-24-8-10-27-11-9-24)17(13-15)23-20(26)18-5-4-12-28-18/h4-7,12-13H,8-11,14H2,1-3H3,(H,22,25)(H,23,26)/p+1. The summed E-state index contributed by atoms with van der Waals surface area (Å²) in [4.78, 5) is 26.9. The molecule has 0 aliphatic carbocycles. The number of rotatable bonds is 5. The number of carbonyl (C=O) groups is 2. The van der Waals surface area contributed by atoms with E-state index < -0.39 is 0 Å². The first-order valence-electron chi connectivity index (χ1n) is 9.53. The van der Waals surface area contributed by atoms with Crippen molar-refractivity contribution in [2.45, 2.75) is 26.2 Å². The predicted molar refractivity (Wildman–Crippen MR) is 112 cm³/mol. The van der Waals surface area contributed by atoms with Gasteiger partial charge in [0.25, 0.3) is 11.8 Å². The number of hydrogen-bond donors (Lipinski definition) is 3. The summed E-state index contributed by atoms with van der Waals surface area (Å²) in [6.07, 6.45) is 0. The highest BCUT2D eigenvalue weighted by Gasteiger charge is 2.21. The molecule has 1 fully saturated rings. The van der Waals surface area contributed by atoms with Gasteiger partial charge in [0.1, 0.15) is 13.1 Å². The van der Waals surface area contributed by atoms with Gasteiger partial charge in [-0.3, -0.25) is 9.59 Å². The molecule has 7 heteroatoms. The molecule has 1 aliphatic heterocycles. The minimum absolute atomic E-state index is 0.0629. The molecule has 0 bridgehead atoms. The topological polar surface area (TPSA) is 71.9 Å². The summed E-state index contributed by atoms with van der Waals surface area (Å²) < 4.78 is 5.34. The Morgan fingerprint density at radius 2 is 1.86 bits per heavy atom. The summed E-state index contributed by atoms with van der Waals surface area (Å²) in [5.41, 5.74) is 2.26. The van der Waals surface area contributed by atoms with Crippen molar-refractivity contribution >= 4 is 34.5 Å². The van der Waals surface area contributed by atoms with Gasteiger partial charge in [0, 0.05) is 0 Å². The number of benzene rings is 1. The highest BCUT2D eigenvalue weighted by Crippen LogP contribution is 2.30. The van der Waals surface area contributed by atoms with Crippen LogP contribution in [-0.2, 0) is 14.9 Å². The van der Waals surface area contributed by atoms with Gasteiger partial charge in [-0.2, -0.15) is 0 Å². The molecule has 28 heavy (non-hydrogen) atoms. The first-order valence-corrected chi connectivity index (χ1v) is 10.4. The summed E-state index contributed by atoms with van der Waals surface area (Å²) in [6, 6.07) is 9.45. The number of nitrogens with one attached hydrogen (secondary N) is 3. The van der Waals surface area contributed by atoms with Crippen molar-refractivity contribution in [3.63, 3.8) is 0 Å². The van der Waals surface area contributed by atoms with Crippen molar-refractivity contribution in [3.05, 3.63) is 46.2 Å². The van der Waals surface area contributed by atoms with E-state index in [1.54, 1.807) is 6.07 Å². The van der Waals surface area contributed by atoms with E-state index in [0.29, 0.717) is 36.0 Å². The van der Waals surface area contributed by atoms with Gasteiger partial charge in [0.2, 0.25) is 0 Å². The molecule has 1 saturated heterocycles. The number of quaternary nitrogens is 1. The molecule has 0 unspecified atom stereocenters. The zero-order valence-electron chi connectivity index (χ0n) is 16.6. The average molecular weight is 403 g/mol. The average Bonchev–Trinajstić information content (AvgIpc) is 3.18. The van der Waals surface area contributed by atoms with E-state index in [1.165, 1.54) is 16.2 Å². The third-order valence-electron chi connectivity index (χ3n) is 4.76. The van der Waals surface area contributed by atoms with Crippen LogP contribution in [0.15, 0.2) is 35.7 Å². The normalized spacial score (nSPS) is 15.2. The van der Waals surface area contributed by atoms with Crippen molar-refractivity contribution in [1.29, 1.82) is 0 Å². The zero-order chi connectivity index (χ0) is 20.1. The minimum Gasteiger partial charge on any atom is -0.370 e. The van der Waals surface area contributed by atoms with Crippen LogP contribution in [0.1, 0.15) is 36.0 Å². The second-order valence-corrected chi connectivity index (χ2v) is 8.98. The third-order valence-corrected chi connectivity index (χ3v) is 5.63. The maximum atomic E-state index is 12.6. The number of thiophene rings is 1. The summed E-state index contributed by atoms with van der Waals surface area (Å²) in [5.74, 6) is -0.234. The Bertz CT molecular complexity index is 822. The lowest BCUT2D eigenvalue weighted by Crippen LogP contribution is -3.15. The van der Waals surface area contributed by atoms with Crippen molar-refractivity contribution in [3.8, 4) is 0 Å². The lowest BCUT2D eigenvalue weighted by Gasteiger charge is -2.24. The molecule has 1 aliphatic rings. The van der Waals surface area contributed by atoms with E-state index >= 15 is 0 Å². The first kappa shape index (κ1) is 20.5. The molecule has 0 saturated carbocycles. The second kappa shape index (κ2) is 8.86. The smallest absolute Gasteiger partial charge is 0.279 e. The second-order valence-electron chi connectivity index (χ2n) is 8.03. The van der Waals surface area contributed by atoms with Crippen molar-refractivity contribution < 1.29 is 19.2 Å². The fourth-order valence-electron chi connectivity index (χ4n) is 3.07. The van der Waals surface area contributed by atoms with E-state index in [2.05, 4.69) is 31.4 Å². The summed E-state index contributed by atoms with van der Waals surface area (Å²) >= 11 is 1.39. The maximum absolute atomic E-state index is 12.6. The van der Waals surface area contributed by atoms with Crippen LogP contribution in [0.5, 0.6) is 0 Å². The number of morpholine rings is 1. The maximum Gasteiger partial charge on any atom is 0.279 e. The summed E-state index contributed by atoms with van der Waals surface area (Å²) in [6.45, 7) is 9.78. The van der Waals surface area contributed by atoms with Crippen LogP contribution in [-0.4, -0.2) is 44.7 Å². The zero-order valence-corrected chi connectivity index (χ0v) is 17.4. The lowest BCUT2D eigenvalue weighted by molar-refractivity contribution is -0.899. The van der Waals surface area contributed by atoms with Crippen LogP contribution in [0.25, 0.3) is 0 Å². The largest absolute Gasteiger partial charge is 0.370 e. The van der Waals surface area contributed by atoms with Gasteiger partial charge in [0.15, 0.2) is 6.54 Å². The molecule has 0 atom stereocenters. The van der Waals surface area contributed by atoms with Crippen LogP contribution in [0, 0.1) is 0 Å². The molecule has 0 radical (unpaired) electrons. The Hall–Kier alpha value is -2.22. The van der Waals surface area contributed by atoms with Gasteiger partial charge < -0.3 is 20.3 Å². The van der Waals surface area contributed by atoms with Crippen molar-refractivity contribution in [1.82, 2.24) is 0 Å². The molecular formula is C21H28N3O3S+. The van der Waals surface area contributed by atoms with Crippen molar-refractivity contribution in [2.75, 3.05) is 43.5 Å². The monoisotopic (exact) mass is 402 g/mol. The van der Waals surface area contributed by atoms with E-state index in [-0.39, 0.29) is 17.2 Å². The molecule has 2 aromatic rings. The van der Waals surface area contributed by atoms with E-state index in [4.69, 9.17) is 4.74 Å². The number of amides is 2. The van der Waals surface area contributed by atoms with Gasteiger partial charge >= 0.3 is 0 Å². The number of hydrogen-bond acceptors (Lipinski definition) is 4. The molecule has 2 amide bonds. The Morgan fingerprint density at radius 3 is 2.50 bits per heavy atom. The van der Waals surface area contributed by atoms with Gasteiger partial charge in [-0.05, 0) is 34.6 Å². The SMILES string of the molecule is CC(C)(C)c1ccc(NC(=O)C[NH+]2CCOCC2)c(NC(=O)c2cccs2)c1. The number of ether oxygens (including phenoxy) is 1. The molecule has 1 aromatic heterocycles. The third kappa shape index (κ3) is 5.41. The molecule has 3 N–H and O–H groups in total. The molecule has 6 nitrogen and oxygen atoms in total. The van der Waals surface area contributed by atoms with Crippen molar-refractivity contribution in [2.24, 2.45) is 0 Å². The Balaban J connectivity index is 1.78. The van der Waals surface area contributed by atoms with E-state index in [9.17, 15) is 9.59 Å². The van der Waals surface area contributed by atoms with E-state index in [0.717, 1.165) is 18.7 Å². The van der Waals surface area contributed by atoms with Crippen LogP contribution >= 0.6 is 11.3 Å². The van der Waals surface area contributed by atoms with Gasteiger partial charge in [-0.25, -0.2) is 0 Å². The highest BCUT2D eigenvalue weighted by molar-refractivity contribution is 7.12. The Labute approximate surface area is 169 Å². The molecule has 0 spiro atoms. The Morgan fingerprint density at radius 1 is 1.11 bits per heavy atom. The highest BCUT2D eigenvalue weighted by atomic mass is 32.1. The van der Waals surface area contributed by atoms with Crippen LogP contribution < -0.4 is 15.5 Å². The molecule has 3 rings (SSSR count). The molecular weight excluding hydrogens is 374 g/mol. The molecule has 150 valence electrons. The quantitative estimate of drug-likeness (QED) is 0.718. The van der Waals surface area contributed by atoms with Gasteiger partial charge in [-0.1, -0.05) is 32.9 Å². The van der Waals surface area contributed by atoms with Gasteiger partial charge in [-0.15, -0.1) is 11.3 Å². The summed E-state index contributed by atoms with van der Waals surface area (Å²) in [7, 11) is 0. The van der Waals surface area contributed by atoms with Crippen LogP contribution in [0.4, 0.5) is 11.4 Å².